The normalized spacial score (nSPS) is 15.5. The van der Waals surface area contributed by atoms with Gasteiger partial charge >= 0.3 is 0 Å². The van der Waals surface area contributed by atoms with Gasteiger partial charge in [0.25, 0.3) is 0 Å². The lowest BCUT2D eigenvalue weighted by Crippen LogP contribution is -2.30. The minimum Gasteiger partial charge on any atom is -0.465 e. The lowest BCUT2D eigenvalue weighted by Gasteiger charge is -2.28. The summed E-state index contributed by atoms with van der Waals surface area (Å²) in [5, 5.41) is 0. The summed E-state index contributed by atoms with van der Waals surface area (Å²) in [5.74, 6) is 1.88. The number of aryl methyl sites for hydroxylation is 1. The van der Waals surface area contributed by atoms with Crippen LogP contribution in [0.4, 0.5) is 0 Å². The molecule has 0 saturated carbocycles. The van der Waals surface area contributed by atoms with Crippen molar-refractivity contribution in [3.05, 3.63) is 58.5 Å². The molecule has 100 valence electrons. The molecule has 0 radical (unpaired) electrons. The van der Waals surface area contributed by atoms with E-state index >= 15 is 0 Å². The van der Waals surface area contributed by atoms with E-state index in [0.717, 1.165) is 37.6 Å². The first-order valence-electron chi connectivity index (χ1n) is 6.83. The van der Waals surface area contributed by atoms with Crippen LogP contribution in [-0.4, -0.2) is 11.4 Å². The molecule has 0 saturated heterocycles. The first-order chi connectivity index (χ1) is 9.26. The molecule has 1 aromatic heterocycles. The molecule has 0 bridgehead atoms. The van der Waals surface area contributed by atoms with E-state index < -0.39 is 0 Å². The van der Waals surface area contributed by atoms with Crippen molar-refractivity contribution < 1.29 is 4.42 Å². The Morgan fingerprint density at radius 2 is 2.05 bits per heavy atom. The molecule has 2 heterocycles. The zero-order valence-corrected chi connectivity index (χ0v) is 11.4. The average molecular weight is 256 g/mol. The molecule has 3 heteroatoms. The molecule has 0 amide bonds. The Morgan fingerprint density at radius 1 is 1.26 bits per heavy atom. The van der Waals surface area contributed by atoms with Gasteiger partial charge in [0.15, 0.2) is 0 Å². The fourth-order valence-corrected chi connectivity index (χ4v) is 2.78. The van der Waals surface area contributed by atoms with Gasteiger partial charge in [-0.15, -0.1) is 0 Å². The summed E-state index contributed by atoms with van der Waals surface area (Å²) < 4.78 is 5.62. The maximum Gasteiger partial charge on any atom is 0.118 e. The highest BCUT2D eigenvalue weighted by Gasteiger charge is 2.17. The molecular formula is C16H20N2O. The Morgan fingerprint density at radius 3 is 2.79 bits per heavy atom. The summed E-state index contributed by atoms with van der Waals surface area (Å²) in [6, 6.07) is 10.8. The van der Waals surface area contributed by atoms with Crippen LogP contribution in [0.15, 0.2) is 34.7 Å². The minimum absolute atomic E-state index is 0.476. The van der Waals surface area contributed by atoms with Crippen molar-refractivity contribution in [1.29, 1.82) is 0 Å². The largest absolute Gasteiger partial charge is 0.465 e. The van der Waals surface area contributed by atoms with Crippen LogP contribution in [0.1, 0.15) is 28.2 Å². The molecule has 1 aliphatic heterocycles. The highest BCUT2D eigenvalue weighted by Crippen LogP contribution is 2.22. The van der Waals surface area contributed by atoms with E-state index in [4.69, 9.17) is 10.2 Å². The Kier molecular flexibility index (Phi) is 3.40. The number of nitrogens with two attached hydrogens (primary N) is 1. The van der Waals surface area contributed by atoms with Gasteiger partial charge in [-0.25, -0.2) is 0 Å². The van der Waals surface area contributed by atoms with Crippen LogP contribution in [0.5, 0.6) is 0 Å². The van der Waals surface area contributed by atoms with E-state index in [9.17, 15) is 0 Å². The number of hydrogen-bond donors (Lipinski definition) is 1. The van der Waals surface area contributed by atoms with E-state index in [1.807, 2.05) is 6.92 Å². The van der Waals surface area contributed by atoms with Gasteiger partial charge in [0, 0.05) is 25.2 Å². The fraction of sp³-hybridized carbons (Fsp3) is 0.375. The number of rotatable bonds is 3. The second kappa shape index (κ2) is 5.19. The summed E-state index contributed by atoms with van der Waals surface area (Å²) in [6.07, 6.45) is 1.14. The first-order valence-corrected chi connectivity index (χ1v) is 6.83. The molecule has 1 aromatic carbocycles. The highest BCUT2D eigenvalue weighted by molar-refractivity contribution is 5.29. The molecule has 2 N–H and O–H groups in total. The van der Waals surface area contributed by atoms with E-state index in [1.54, 1.807) is 0 Å². The third-order valence-corrected chi connectivity index (χ3v) is 3.88. The smallest absolute Gasteiger partial charge is 0.118 e. The van der Waals surface area contributed by atoms with Crippen LogP contribution in [-0.2, 0) is 26.1 Å². The summed E-state index contributed by atoms with van der Waals surface area (Å²) >= 11 is 0. The van der Waals surface area contributed by atoms with Crippen molar-refractivity contribution in [2.45, 2.75) is 33.0 Å². The van der Waals surface area contributed by atoms with Crippen LogP contribution in [0.3, 0.4) is 0 Å². The van der Waals surface area contributed by atoms with Crippen molar-refractivity contribution in [1.82, 2.24) is 4.90 Å². The standard InChI is InChI=1S/C16H20N2O/c1-12-15(8-16(9-17)19-12)11-18-7-6-13-4-2-3-5-14(13)10-18/h2-5,8H,6-7,9-11,17H2,1H3. The topological polar surface area (TPSA) is 42.4 Å². The van der Waals surface area contributed by atoms with Gasteiger partial charge in [0.1, 0.15) is 11.5 Å². The summed E-state index contributed by atoms with van der Waals surface area (Å²) in [7, 11) is 0. The number of hydrogen-bond acceptors (Lipinski definition) is 3. The van der Waals surface area contributed by atoms with Crippen LogP contribution in [0.2, 0.25) is 0 Å². The first kappa shape index (κ1) is 12.5. The molecule has 0 atom stereocenters. The van der Waals surface area contributed by atoms with Crippen molar-refractivity contribution in [3.63, 3.8) is 0 Å². The maximum absolute atomic E-state index is 5.62. The summed E-state index contributed by atoms with van der Waals surface area (Å²) in [5.41, 5.74) is 9.83. The zero-order valence-electron chi connectivity index (χ0n) is 11.4. The molecule has 0 unspecified atom stereocenters. The van der Waals surface area contributed by atoms with E-state index in [0.29, 0.717) is 6.54 Å². The monoisotopic (exact) mass is 256 g/mol. The van der Waals surface area contributed by atoms with Gasteiger partial charge in [0.2, 0.25) is 0 Å². The molecule has 2 aromatic rings. The third-order valence-electron chi connectivity index (χ3n) is 3.88. The third kappa shape index (κ3) is 2.57. The van der Waals surface area contributed by atoms with Crippen molar-refractivity contribution in [2.24, 2.45) is 5.73 Å². The molecule has 0 aliphatic carbocycles. The lowest BCUT2D eigenvalue weighted by molar-refractivity contribution is 0.244. The van der Waals surface area contributed by atoms with Gasteiger partial charge in [-0.2, -0.15) is 0 Å². The SMILES string of the molecule is Cc1oc(CN)cc1CN1CCc2ccccc2C1. The molecule has 0 fully saturated rings. The second-order valence-corrected chi connectivity index (χ2v) is 5.23. The second-order valence-electron chi connectivity index (χ2n) is 5.23. The van der Waals surface area contributed by atoms with Gasteiger partial charge in [-0.1, -0.05) is 24.3 Å². The van der Waals surface area contributed by atoms with Gasteiger partial charge in [-0.05, 0) is 30.5 Å². The number of furan rings is 1. The molecular weight excluding hydrogens is 236 g/mol. The quantitative estimate of drug-likeness (QED) is 0.918. The lowest BCUT2D eigenvalue weighted by atomic mass is 9.99. The number of benzene rings is 1. The number of fused-ring (bicyclic) bond motifs is 1. The summed E-state index contributed by atoms with van der Waals surface area (Å²) in [4.78, 5) is 2.47. The number of nitrogens with zero attached hydrogens (tertiary/aromatic N) is 1. The van der Waals surface area contributed by atoms with Crippen LogP contribution in [0.25, 0.3) is 0 Å². The molecule has 3 nitrogen and oxygen atoms in total. The average Bonchev–Trinajstić information content (AvgIpc) is 2.79. The van der Waals surface area contributed by atoms with Crippen molar-refractivity contribution >= 4 is 0 Å². The van der Waals surface area contributed by atoms with E-state index in [-0.39, 0.29) is 0 Å². The molecule has 19 heavy (non-hydrogen) atoms. The predicted molar refractivity (Wildman–Crippen MR) is 75.6 cm³/mol. The van der Waals surface area contributed by atoms with Crippen LogP contribution in [0, 0.1) is 6.92 Å². The maximum atomic E-state index is 5.62. The van der Waals surface area contributed by atoms with Gasteiger partial charge in [-0.3, -0.25) is 4.90 Å². The minimum atomic E-state index is 0.476. The van der Waals surface area contributed by atoms with E-state index in [1.165, 1.54) is 16.7 Å². The van der Waals surface area contributed by atoms with Gasteiger partial charge in [0.05, 0.1) is 6.54 Å². The Labute approximate surface area is 114 Å². The fourth-order valence-electron chi connectivity index (χ4n) is 2.78. The van der Waals surface area contributed by atoms with Gasteiger partial charge < -0.3 is 10.2 Å². The molecule has 3 rings (SSSR count). The Bertz CT molecular complexity index is 574. The Hall–Kier alpha value is -1.58. The zero-order chi connectivity index (χ0) is 13.2. The molecule has 1 aliphatic rings. The van der Waals surface area contributed by atoms with Crippen LogP contribution < -0.4 is 5.73 Å². The van der Waals surface area contributed by atoms with Crippen molar-refractivity contribution in [2.75, 3.05) is 6.54 Å². The van der Waals surface area contributed by atoms with Crippen molar-refractivity contribution in [3.8, 4) is 0 Å². The molecule has 0 spiro atoms. The van der Waals surface area contributed by atoms with E-state index in [2.05, 4.69) is 35.2 Å². The summed E-state index contributed by atoms with van der Waals surface area (Å²) in [6.45, 7) is 5.58. The Balaban J connectivity index is 1.73. The van der Waals surface area contributed by atoms with Crippen LogP contribution >= 0.6 is 0 Å². The highest BCUT2D eigenvalue weighted by atomic mass is 16.3. The predicted octanol–water partition coefficient (Wildman–Crippen LogP) is 2.61.